The first-order valence-electron chi connectivity index (χ1n) is 5.15. The number of hydrogen-bond acceptors (Lipinski definition) is 3. The third-order valence-electron chi connectivity index (χ3n) is 2.29. The van der Waals surface area contributed by atoms with Gasteiger partial charge in [-0.15, -0.1) is 12.6 Å². The fourth-order valence-electron chi connectivity index (χ4n) is 1.49. The van der Waals surface area contributed by atoms with E-state index in [4.69, 9.17) is 12.2 Å². The van der Waals surface area contributed by atoms with Crippen LogP contribution >= 0.6 is 24.8 Å². The molecule has 0 saturated carbocycles. The molecule has 0 aliphatic rings. The zero-order valence-corrected chi connectivity index (χ0v) is 11.9. The average molecular weight is 272 g/mol. The molecule has 16 heavy (non-hydrogen) atoms. The lowest BCUT2D eigenvalue weighted by Gasteiger charge is -2.11. The van der Waals surface area contributed by atoms with Crippen LogP contribution in [0.4, 0.5) is 0 Å². The molecule has 0 atom stereocenters. The largest absolute Gasteiger partial charge is 0.411 e. The minimum Gasteiger partial charge on any atom is -0.411 e. The molecule has 0 saturated heterocycles. The van der Waals surface area contributed by atoms with E-state index in [2.05, 4.69) is 12.6 Å². The summed E-state index contributed by atoms with van der Waals surface area (Å²) in [5.74, 6) is 0. The van der Waals surface area contributed by atoms with Gasteiger partial charge in [-0.2, -0.15) is 0 Å². The van der Waals surface area contributed by atoms with Crippen molar-refractivity contribution in [3.8, 4) is 0 Å². The number of thiol groups is 1. The van der Waals surface area contributed by atoms with Crippen molar-refractivity contribution < 1.29 is 9.59 Å². The molecular formula is C11H16O2S2Si. The molecule has 0 unspecified atom stereocenters. The van der Waals surface area contributed by atoms with Crippen LogP contribution in [0.3, 0.4) is 0 Å². The molecule has 0 fully saturated rings. The van der Waals surface area contributed by atoms with E-state index in [1.165, 1.54) is 6.55 Å². The van der Waals surface area contributed by atoms with Crippen LogP contribution in [0, 0.1) is 0 Å². The van der Waals surface area contributed by atoms with Gasteiger partial charge < -0.3 is 9.59 Å². The molecule has 2 nitrogen and oxygen atoms in total. The van der Waals surface area contributed by atoms with Crippen LogP contribution in [0.2, 0.25) is 12.6 Å². The number of rotatable bonds is 5. The Morgan fingerprint density at radius 3 is 2.69 bits per heavy atom. The van der Waals surface area contributed by atoms with Gasteiger partial charge in [-0.1, -0.05) is 30.4 Å². The average Bonchev–Trinajstić information content (AvgIpc) is 2.16. The summed E-state index contributed by atoms with van der Waals surface area (Å²) in [7, 11) is -2.89. The second kappa shape index (κ2) is 5.93. The van der Waals surface area contributed by atoms with E-state index in [1.54, 1.807) is 0 Å². The summed E-state index contributed by atoms with van der Waals surface area (Å²) in [6, 6.07) is 8.40. The van der Waals surface area contributed by atoms with E-state index >= 15 is 0 Å². The summed E-state index contributed by atoms with van der Waals surface area (Å²) in [6.07, 6.45) is 1.63. The third kappa shape index (κ3) is 5.22. The quantitative estimate of drug-likeness (QED) is 0.437. The molecule has 0 aliphatic heterocycles. The normalized spacial score (nSPS) is 11.5. The van der Waals surface area contributed by atoms with E-state index in [0.29, 0.717) is 10.2 Å². The van der Waals surface area contributed by atoms with E-state index in [-0.39, 0.29) is 0 Å². The molecule has 1 rings (SSSR count). The Hall–Kier alpha value is -0.203. The van der Waals surface area contributed by atoms with Gasteiger partial charge in [0.05, 0.1) is 4.20 Å². The molecule has 0 bridgehead atoms. The maximum absolute atomic E-state index is 9.30. The fourth-order valence-corrected chi connectivity index (χ4v) is 2.60. The minimum atomic E-state index is -2.89. The van der Waals surface area contributed by atoms with Crippen LogP contribution in [0.5, 0.6) is 0 Å². The maximum Gasteiger partial charge on any atom is 0.329 e. The summed E-state index contributed by atoms with van der Waals surface area (Å²) in [4.78, 5) is 18.6. The van der Waals surface area contributed by atoms with Crippen molar-refractivity contribution in [2.75, 3.05) is 0 Å². The van der Waals surface area contributed by atoms with Crippen LogP contribution in [-0.2, 0) is 6.42 Å². The predicted molar refractivity (Wildman–Crippen MR) is 76.3 cm³/mol. The smallest absolute Gasteiger partial charge is 0.329 e. The summed E-state index contributed by atoms with van der Waals surface area (Å²) in [5, 5.41) is 0. The summed E-state index contributed by atoms with van der Waals surface area (Å²) in [5.41, 5.74) is 2.11. The van der Waals surface area contributed by atoms with Crippen molar-refractivity contribution in [2.45, 2.75) is 25.4 Å². The lowest BCUT2D eigenvalue weighted by Crippen LogP contribution is -2.29. The zero-order chi connectivity index (χ0) is 12.2. The van der Waals surface area contributed by atoms with Crippen LogP contribution in [-0.4, -0.2) is 22.3 Å². The number of aryl methyl sites for hydroxylation is 1. The van der Waals surface area contributed by atoms with Crippen molar-refractivity contribution in [2.24, 2.45) is 0 Å². The molecule has 0 heterocycles. The fraction of sp³-hybridized carbons (Fsp3) is 0.364. The van der Waals surface area contributed by atoms with Crippen molar-refractivity contribution in [3.63, 3.8) is 0 Å². The summed E-state index contributed by atoms with van der Waals surface area (Å²) < 4.78 is 0.588. The molecular weight excluding hydrogens is 256 g/mol. The summed E-state index contributed by atoms with van der Waals surface area (Å²) >= 11 is 9.11. The van der Waals surface area contributed by atoms with Gasteiger partial charge in [0.15, 0.2) is 0 Å². The topological polar surface area (TPSA) is 40.5 Å². The second-order valence-corrected chi connectivity index (χ2v) is 8.17. The molecule has 88 valence electrons. The Balaban J connectivity index is 2.55. The highest BCUT2D eigenvalue weighted by atomic mass is 32.1. The van der Waals surface area contributed by atoms with Crippen molar-refractivity contribution in [1.82, 2.24) is 0 Å². The Bertz CT molecular complexity index is 374. The molecule has 5 heteroatoms. The first-order chi connectivity index (χ1) is 7.38. The standard InChI is InChI=1S/C11H16O2S2Si/c1-16(12,13)7-3-5-9-4-2-6-10(8-9)11(14)15/h2,4,6,8,12-13H,3,5,7H2,1H3,(H,14,15). The molecule has 0 aromatic heterocycles. The second-order valence-electron chi connectivity index (χ2n) is 4.08. The molecule has 1 aromatic rings. The van der Waals surface area contributed by atoms with Gasteiger partial charge in [0.25, 0.3) is 0 Å². The van der Waals surface area contributed by atoms with Crippen LogP contribution in [0.25, 0.3) is 0 Å². The van der Waals surface area contributed by atoms with E-state index in [1.807, 2.05) is 24.3 Å². The molecule has 0 radical (unpaired) electrons. The van der Waals surface area contributed by atoms with Gasteiger partial charge in [0.2, 0.25) is 0 Å². The first kappa shape index (κ1) is 13.9. The predicted octanol–water partition coefficient (Wildman–Crippen LogP) is 2.28. The Morgan fingerprint density at radius 1 is 1.44 bits per heavy atom. The minimum absolute atomic E-state index is 0.503. The molecule has 0 spiro atoms. The van der Waals surface area contributed by atoms with Crippen molar-refractivity contribution >= 4 is 37.6 Å². The highest BCUT2D eigenvalue weighted by Crippen LogP contribution is 2.13. The van der Waals surface area contributed by atoms with E-state index in [9.17, 15) is 9.59 Å². The Morgan fingerprint density at radius 2 is 2.12 bits per heavy atom. The van der Waals surface area contributed by atoms with Gasteiger partial charge in [0, 0.05) is 0 Å². The zero-order valence-electron chi connectivity index (χ0n) is 9.18. The van der Waals surface area contributed by atoms with Gasteiger partial charge in [-0.3, -0.25) is 0 Å². The van der Waals surface area contributed by atoms with Crippen LogP contribution < -0.4 is 0 Å². The SMILES string of the molecule is C[Si](O)(O)CCCc1cccc(C(=S)S)c1. The van der Waals surface area contributed by atoms with Gasteiger partial charge in [0.1, 0.15) is 0 Å². The van der Waals surface area contributed by atoms with Crippen LogP contribution in [0.1, 0.15) is 17.5 Å². The lowest BCUT2D eigenvalue weighted by atomic mass is 10.1. The highest BCUT2D eigenvalue weighted by molar-refractivity contribution is 8.11. The maximum atomic E-state index is 9.30. The summed E-state index contributed by atoms with van der Waals surface area (Å²) in [6.45, 7) is 1.53. The van der Waals surface area contributed by atoms with Gasteiger partial charge in [-0.05, 0) is 42.6 Å². The molecule has 1 aromatic carbocycles. The third-order valence-corrected chi connectivity index (χ3v) is 4.08. The molecule has 0 amide bonds. The number of hydrogen-bond donors (Lipinski definition) is 3. The van der Waals surface area contributed by atoms with Crippen LogP contribution in [0.15, 0.2) is 24.3 Å². The van der Waals surface area contributed by atoms with E-state index in [0.717, 1.165) is 24.0 Å². The molecule has 0 aliphatic carbocycles. The highest BCUT2D eigenvalue weighted by Gasteiger charge is 2.19. The van der Waals surface area contributed by atoms with Gasteiger partial charge >= 0.3 is 8.56 Å². The number of benzene rings is 1. The van der Waals surface area contributed by atoms with Gasteiger partial charge in [-0.25, -0.2) is 0 Å². The first-order valence-corrected chi connectivity index (χ1v) is 8.61. The molecule has 2 N–H and O–H groups in total. The lowest BCUT2D eigenvalue weighted by molar-refractivity contribution is 0.367. The van der Waals surface area contributed by atoms with Crippen molar-refractivity contribution in [3.05, 3.63) is 35.4 Å². The monoisotopic (exact) mass is 272 g/mol. The number of thiocarbonyl (C=S) groups is 1. The van der Waals surface area contributed by atoms with E-state index < -0.39 is 8.56 Å². The van der Waals surface area contributed by atoms with Crippen molar-refractivity contribution in [1.29, 1.82) is 0 Å². The Labute approximate surface area is 108 Å². The Kier molecular flexibility index (Phi) is 5.14.